The zero-order chi connectivity index (χ0) is 16.9. The summed E-state index contributed by atoms with van der Waals surface area (Å²) in [6.45, 7) is 7.53. The molecule has 0 amide bonds. The van der Waals surface area contributed by atoms with Crippen LogP contribution in [-0.2, 0) is 6.54 Å². The highest BCUT2D eigenvalue weighted by Gasteiger charge is 2.16. The fourth-order valence-corrected chi connectivity index (χ4v) is 3.20. The summed E-state index contributed by atoms with van der Waals surface area (Å²) in [5.74, 6) is 0. The van der Waals surface area contributed by atoms with Gasteiger partial charge in [0.15, 0.2) is 0 Å². The molecule has 0 spiro atoms. The third kappa shape index (κ3) is 3.44. The maximum Gasteiger partial charge on any atom is 0.137 e. The molecule has 3 rings (SSSR count). The largest absolute Gasteiger partial charge is 0.398 e. The minimum Gasteiger partial charge on any atom is -0.398 e. The minimum atomic E-state index is 0.762. The number of nitrogen functional groups attached to an aromatic ring is 1. The number of nitrogens with two attached hydrogens (primary N) is 1. The van der Waals surface area contributed by atoms with Crippen molar-refractivity contribution in [2.45, 2.75) is 33.2 Å². The fraction of sp³-hybridized carbons (Fsp3) is 0.350. The van der Waals surface area contributed by atoms with Crippen LogP contribution in [0, 0.1) is 0 Å². The SMILES string of the molecule is CCCN(CCC)Cc1c(-c2ccccc2)nc2ccc(N)cn12. The molecule has 0 saturated carbocycles. The number of benzene rings is 1. The van der Waals surface area contributed by atoms with E-state index in [2.05, 4.69) is 47.4 Å². The normalized spacial score (nSPS) is 11.5. The molecule has 0 bridgehead atoms. The van der Waals surface area contributed by atoms with Gasteiger partial charge in [0.2, 0.25) is 0 Å². The van der Waals surface area contributed by atoms with E-state index in [0.717, 1.165) is 55.1 Å². The van der Waals surface area contributed by atoms with Gasteiger partial charge in [-0.2, -0.15) is 0 Å². The van der Waals surface area contributed by atoms with Gasteiger partial charge >= 0.3 is 0 Å². The summed E-state index contributed by atoms with van der Waals surface area (Å²) in [6, 6.07) is 14.3. The number of fused-ring (bicyclic) bond motifs is 1. The number of hydrogen-bond acceptors (Lipinski definition) is 3. The van der Waals surface area contributed by atoms with E-state index in [1.807, 2.05) is 24.4 Å². The highest BCUT2D eigenvalue weighted by Crippen LogP contribution is 2.26. The Morgan fingerprint density at radius 2 is 1.71 bits per heavy atom. The summed E-state index contributed by atoms with van der Waals surface area (Å²) < 4.78 is 2.15. The van der Waals surface area contributed by atoms with Crippen LogP contribution in [-0.4, -0.2) is 27.4 Å². The number of imidazole rings is 1. The molecule has 126 valence electrons. The van der Waals surface area contributed by atoms with Crippen LogP contribution in [0.25, 0.3) is 16.9 Å². The zero-order valence-electron chi connectivity index (χ0n) is 14.6. The van der Waals surface area contributed by atoms with E-state index in [1.165, 1.54) is 5.69 Å². The Bertz CT molecular complexity index is 786. The Kier molecular flexibility index (Phi) is 5.16. The second kappa shape index (κ2) is 7.49. The zero-order valence-corrected chi connectivity index (χ0v) is 14.6. The van der Waals surface area contributed by atoms with Crippen molar-refractivity contribution in [3.63, 3.8) is 0 Å². The van der Waals surface area contributed by atoms with Crippen molar-refractivity contribution in [3.05, 3.63) is 54.4 Å². The molecule has 0 aliphatic rings. The van der Waals surface area contributed by atoms with E-state index in [0.29, 0.717) is 0 Å². The third-order valence-electron chi connectivity index (χ3n) is 4.24. The second-order valence-electron chi connectivity index (χ2n) is 6.24. The Labute approximate surface area is 143 Å². The first-order valence-electron chi connectivity index (χ1n) is 8.77. The monoisotopic (exact) mass is 322 g/mol. The lowest BCUT2D eigenvalue weighted by Gasteiger charge is -2.21. The lowest BCUT2D eigenvalue weighted by atomic mass is 10.1. The van der Waals surface area contributed by atoms with Crippen LogP contribution in [0.3, 0.4) is 0 Å². The first-order valence-corrected chi connectivity index (χ1v) is 8.77. The molecule has 0 aliphatic heterocycles. The number of rotatable bonds is 7. The minimum absolute atomic E-state index is 0.762. The van der Waals surface area contributed by atoms with E-state index < -0.39 is 0 Å². The standard InChI is InChI=1S/C20H26N4/c1-3-12-23(13-4-2)15-18-20(16-8-6-5-7-9-16)22-19-11-10-17(21)14-24(18)19/h5-11,14H,3-4,12-13,15,21H2,1-2H3. The van der Waals surface area contributed by atoms with E-state index in [-0.39, 0.29) is 0 Å². The van der Waals surface area contributed by atoms with Crippen molar-refractivity contribution in [3.8, 4) is 11.3 Å². The van der Waals surface area contributed by atoms with Gasteiger partial charge in [-0.15, -0.1) is 0 Å². The van der Waals surface area contributed by atoms with Gasteiger partial charge in [0.1, 0.15) is 5.65 Å². The molecule has 1 aromatic carbocycles. The average molecular weight is 322 g/mol. The van der Waals surface area contributed by atoms with E-state index in [9.17, 15) is 0 Å². The second-order valence-corrected chi connectivity index (χ2v) is 6.24. The number of nitrogens with zero attached hydrogens (tertiary/aromatic N) is 3. The van der Waals surface area contributed by atoms with Crippen LogP contribution in [0.15, 0.2) is 48.7 Å². The van der Waals surface area contributed by atoms with Gasteiger partial charge in [0.25, 0.3) is 0 Å². The number of anilines is 1. The van der Waals surface area contributed by atoms with Crippen molar-refractivity contribution in [1.82, 2.24) is 14.3 Å². The third-order valence-corrected chi connectivity index (χ3v) is 4.24. The molecule has 2 heterocycles. The van der Waals surface area contributed by atoms with Gasteiger partial charge in [-0.3, -0.25) is 4.90 Å². The topological polar surface area (TPSA) is 46.6 Å². The number of aromatic nitrogens is 2. The molecule has 0 unspecified atom stereocenters. The molecule has 4 heteroatoms. The molecule has 0 radical (unpaired) electrons. The van der Waals surface area contributed by atoms with Gasteiger partial charge in [-0.05, 0) is 38.1 Å². The van der Waals surface area contributed by atoms with Crippen LogP contribution in [0.5, 0.6) is 0 Å². The molecule has 4 nitrogen and oxygen atoms in total. The molecule has 0 saturated heterocycles. The van der Waals surface area contributed by atoms with E-state index in [1.54, 1.807) is 0 Å². The molecule has 24 heavy (non-hydrogen) atoms. The van der Waals surface area contributed by atoms with Crippen LogP contribution >= 0.6 is 0 Å². The highest BCUT2D eigenvalue weighted by molar-refractivity contribution is 5.67. The van der Waals surface area contributed by atoms with Crippen LogP contribution in [0.2, 0.25) is 0 Å². The first-order chi connectivity index (χ1) is 11.7. The molecule has 0 atom stereocenters. The Morgan fingerprint density at radius 3 is 2.38 bits per heavy atom. The molecular weight excluding hydrogens is 296 g/mol. The Morgan fingerprint density at radius 1 is 1.00 bits per heavy atom. The predicted octanol–water partition coefficient (Wildman–Crippen LogP) is 4.21. The summed E-state index contributed by atoms with van der Waals surface area (Å²) in [6.07, 6.45) is 4.29. The van der Waals surface area contributed by atoms with E-state index in [4.69, 9.17) is 10.7 Å². The highest BCUT2D eigenvalue weighted by atomic mass is 15.1. The predicted molar refractivity (Wildman–Crippen MR) is 101 cm³/mol. The Balaban J connectivity index is 2.10. The summed E-state index contributed by atoms with van der Waals surface area (Å²) in [4.78, 5) is 7.38. The maximum absolute atomic E-state index is 6.03. The van der Waals surface area contributed by atoms with E-state index >= 15 is 0 Å². The van der Waals surface area contributed by atoms with Gasteiger partial charge in [0, 0.05) is 24.0 Å². The molecule has 2 N–H and O–H groups in total. The molecule has 0 aliphatic carbocycles. The van der Waals surface area contributed by atoms with Crippen molar-refractivity contribution in [2.75, 3.05) is 18.8 Å². The fourth-order valence-electron chi connectivity index (χ4n) is 3.20. The van der Waals surface area contributed by atoms with Crippen LogP contribution in [0.1, 0.15) is 32.4 Å². The average Bonchev–Trinajstić information content (AvgIpc) is 2.94. The summed E-state index contributed by atoms with van der Waals surface area (Å²) in [7, 11) is 0. The molecule has 2 aromatic heterocycles. The van der Waals surface area contributed by atoms with Crippen molar-refractivity contribution >= 4 is 11.3 Å². The first kappa shape index (κ1) is 16.5. The molecular formula is C20H26N4. The smallest absolute Gasteiger partial charge is 0.137 e. The van der Waals surface area contributed by atoms with Crippen LogP contribution < -0.4 is 5.73 Å². The van der Waals surface area contributed by atoms with Gasteiger partial charge in [-0.1, -0.05) is 44.2 Å². The summed E-state index contributed by atoms with van der Waals surface area (Å²) in [5.41, 5.74) is 11.2. The van der Waals surface area contributed by atoms with Gasteiger partial charge < -0.3 is 10.1 Å². The van der Waals surface area contributed by atoms with Crippen molar-refractivity contribution in [2.24, 2.45) is 0 Å². The van der Waals surface area contributed by atoms with Gasteiger partial charge in [0.05, 0.1) is 11.4 Å². The molecule has 3 aromatic rings. The summed E-state index contributed by atoms with van der Waals surface area (Å²) >= 11 is 0. The Hall–Kier alpha value is -2.33. The number of hydrogen-bond donors (Lipinski definition) is 1. The van der Waals surface area contributed by atoms with Crippen LogP contribution in [0.4, 0.5) is 5.69 Å². The quantitative estimate of drug-likeness (QED) is 0.709. The van der Waals surface area contributed by atoms with Crippen molar-refractivity contribution < 1.29 is 0 Å². The van der Waals surface area contributed by atoms with Gasteiger partial charge in [-0.25, -0.2) is 4.98 Å². The maximum atomic E-state index is 6.03. The van der Waals surface area contributed by atoms with Crippen molar-refractivity contribution in [1.29, 1.82) is 0 Å². The molecule has 0 fully saturated rings. The summed E-state index contributed by atoms with van der Waals surface area (Å²) in [5, 5.41) is 0. The number of pyridine rings is 1. The lowest BCUT2D eigenvalue weighted by Crippen LogP contribution is -2.26. The lowest BCUT2D eigenvalue weighted by molar-refractivity contribution is 0.263.